The van der Waals surface area contributed by atoms with Crippen molar-refractivity contribution in [3.63, 3.8) is 0 Å². The van der Waals surface area contributed by atoms with Gasteiger partial charge < -0.3 is 19.5 Å². The van der Waals surface area contributed by atoms with E-state index in [-0.39, 0.29) is 6.09 Å². The monoisotopic (exact) mass is 349 g/mol. The zero-order valence-electron chi connectivity index (χ0n) is 15.9. The number of carbonyl (C=O) groups excluding carboxylic acids is 1. The smallest absolute Gasteiger partial charge is 0.410 e. The van der Waals surface area contributed by atoms with Gasteiger partial charge in [-0.3, -0.25) is 0 Å². The summed E-state index contributed by atoms with van der Waals surface area (Å²) in [5, 5.41) is 8.34. The average molecular weight is 349 g/mol. The number of ether oxygens (including phenoxy) is 1. The van der Waals surface area contributed by atoms with Crippen LogP contribution in [0.2, 0.25) is 0 Å². The number of hydrogen-bond acceptors (Lipinski definition) is 5. The number of likely N-dealkylation sites (tertiary alicyclic amines) is 2. The van der Waals surface area contributed by atoms with Crippen LogP contribution < -0.4 is 0 Å². The Balaban J connectivity index is 1.44. The highest BCUT2D eigenvalue weighted by Gasteiger charge is 2.32. The van der Waals surface area contributed by atoms with Crippen LogP contribution in [0.25, 0.3) is 0 Å². The lowest BCUT2D eigenvalue weighted by Gasteiger charge is -2.41. The normalized spacial score (nSPS) is 21.5. The number of aryl methyl sites for hydroxylation is 1. The van der Waals surface area contributed by atoms with Gasteiger partial charge in [0.25, 0.3) is 0 Å². The molecule has 0 spiro atoms. The maximum absolute atomic E-state index is 12.2. The van der Waals surface area contributed by atoms with E-state index in [1.807, 2.05) is 32.6 Å². The summed E-state index contributed by atoms with van der Waals surface area (Å²) in [4.78, 5) is 19.9. The molecule has 1 amide bonds. The number of nitrogens with one attached hydrogen (secondary N) is 1. The zero-order valence-corrected chi connectivity index (χ0v) is 15.9. The molecule has 1 N–H and O–H groups in total. The van der Waals surface area contributed by atoms with E-state index < -0.39 is 5.60 Å². The third-order valence-corrected chi connectivity index (χ3v) is 5.17. The van der Waals surface area contributed by atoms with E-state index in [4.69, 9.17) is 4.74 Å². The van der Waals surface area contributed by atoms with Crippen molar-refractivity contribution < 1.29 is 9.53 Å². The van der Waals surface area contributed by atoms with Gasteiger partial charge in [0.2, 0.25) is 0 Å². The summed E-state index contributed by atoms with van der Waals surface area (Å²) in [6.07, 6.45) is 4.14. The molecule has 0 bridgehead atoms. The predicted octanol–water partition coefficient (Wildman–Crippen LogP) is 2.69. The zero-order chi connectivity index (χ0) is 18.0. The van der Waals surface area contributed by atoms with Gasteiger partial charge >= 0.3 is 6.09 Å². The van der Waals surface area contributed by atoms with Gasteiger partial charge in [-0.1, -0.05) is 0 Å². The third kappa shape index (κ3) is 4.71. The molecule has 2 aliphatic heterocycles. The summed E-state index contributed by atoms with van der Waals surface area (Å²) >= 11 is 0. The van der Waals surface area contributed by atoms with Crippen LogP contribution in [0.5, 0.6) is 0 Å². The van der Waals surface area contributed by atoms with Gasteiger partial charge in [0.15, 0.2) is 0 Å². The van der Waals surface area contributed by atoms with Crippen LogP contribution in [0.4, 0.5) is 4.79 Å². The molecule has 1 aromatic rings. The second kappa shape index (κ2) is 7.32. The van der Waals surface area contributed by atoms with Crippen LogP contribution in [-0.4, -0.2) is 68.9 Å². The molecule has 0 aromatic carbocycles. The Bertz CT molecular complexity index is 579. The van der Waals surface area contributed by atoms with E-state index >= 15 is 0 Å². The number of hydrogen-bond donors (Lipinski definition) is 1. The Labute approximate surface area is 150 Å². The number of aromatic amines is 1. The van der Waals surface area contributed by atoms with Crippen LogP contribution in [0, 0.1) is 6.92 Å². The number of piperidine rings is 2. The van der Waals surface area contributed by atoms with Crippen molar-refractivity contribution >= 4 is 6.09 Å². The molecule has 0 saturated carbocycles. The van der Waals surface area contributed by atoms with Gasteiger partial charge in [-0.2, -0.15) is 0 Å². The van der Waals surface area contributed by atoms with Gasteiger partial charge in [0, 0.05) is 25.0 Å². The van der Waals surface area contributed by atoms with Crippen LogP contribution in [-0.2, 0) is 4.74 Å². The molecule has 2 fully saturated rings. The molecule has 25 heavy (non-hydrogen) atoms. The van der Waals surface area contributed by atoms with E-state index in [2.05, 4.69) is 20.1 Å². The van der Waals surface area contributed by atoms with Crippen LogP contribution in [0.15, 0.2) is 0 Å². The minimum absolute atomic E-state index is 0.176. The van der Waals surface area contributed by atoms with E-state index in [0.717, 1.165) is 63.5 Å². The largest absolute Gasteiger partial charge is 0.444 e. The Hall–Kier alpha value is -1.63. The van der Waals surface area contributed by atoms with Crippen molar-refractivity contribution in [2.24, 2.45) is 0 Å². The maximum atomic E-state index is 12.2. The molecule has 0 radical (unpaired) electrons. The molecular weight excluding hydrogens is 318 g/mol. The Kier molecular flexibility index (Phi) is 5.32. The summed E-state index contributed by atoms with van der Waals surface area (Å²) in [6.45, 7) is 11.5. The number of amides is 1. The first kappa shape index (κ1) is 18.2. The summed E-state index contributed by atoms with van der Waals surface area (Å²) in [6, 6.07) is 0.580. The quantitative estimate of drug-likeness (QED) is 0.888. The Morgan fingerprint density at radius 1 is 1.08 bits per heavy atom. The van der Waals surface area contributed by atoms with E-state index in [1.165, 1.54) is 0 Å². The molecule has 140 valence electrons. The minimum Gasteiger partial charge on any atom is -0.444 e. The second-order valence-electron chi connectivity index (χ2n) is 8.30. The van der Waals surface area contributed by atoms with Gasteiger partial charge in [-0.05, 0) is 66.5 Å². The number of nitrogens with zero attached hydrogens (tertiary/aromatic N) is 4. The lowest BCUT2D eigenvalue weighted by Crippen LogP contribution is -2.49. The van der Waals surface area contributed by atoms with Crippen molar-refractivity contribution in [3.05, 3.63) is 11.6 Å². The highest BCUT2D eigenvalue weighted by Crippen LogP contribution is 2.29. The average Bonchev–Trinajstić information content (AvgIpc) is 3.00. The van der Waals surface area contributed by atoms with Crippen molar-refractivity contribution in [2.45, 2.75) is 70.9 Å². The van der Waals surface area contributed by atoms with Crippen molar-refractivity contribution in [1.29, 1.82) is 0 Å². The van der Waals surface area contributed by atoms with E-state index in [0.29, 0.717) is 12.0 Å². The first-order chi connectivity index (χ1) is 11.8. The topological polar surface area (TPSA) is 74.3 Å². The first-order valence-corrected chi connectivity index (χ1v) is 9.43. The number of H-pyrrole nitrogens is 1. The lowest BCUT2D eigenvalue weighted by atomic mass is 9.93. The van der Waals surface area contributed by atoms with E-state index in [1.54, 1.807) is 0 Å². The van der Waals surface area contributed by atoms with Crippen molar-refractivity contribution in [3.8, 4) is 0 Å². The fourth-order valence-corrected chi connectivity index (χ4v) is 3.83. The summed E-state index contributed by atoms with van der Waals surface area (Å²) < 4.78 is 5.48. The standard InChI is InChI=1S/C18H31N5O2/c1-13-19-16(21-20-13)14-5-9-22(10-6-14)15-7-11-23(12-8-15)17(24)25-18(2,3)4/h14-15H,5-12H2,1-4H3,(H,19,20,21). The fourth-order valence-electron chi connectivity index (χ4n) is 3.83. The minimum atomic E-state index is -0.422. The molecule has 0 unspecified atom stereocenters. The van der Waals surface area contributed by atoms with Crippen LogP contribution >= 0.6 is 0 Å². The van der Waals surface area contributed by atoms with Crippen LogP contribution in [0.1, 0.15) is 64.0 Å². The highest BCUT2D eigenvalue weighted by molar-refractivity contribution is 5.68. The molecule has 3 rings (SSSR count). The maximum Gasteiger partial charge on any atom is 0.410 e. The number of rotatable bonds is 2. The van der Waals surface area contributed by atoms with Gasteiger partial charge in [-0.25, -0.2) is 4.79 Å². The molecule has 2 aliphatic rings. The second-order valence-corrected chi connectivity index (χ2v) is 8.30. The van der Waals surface area contributed by atoms with E-state index in [9.17, 15) is 4.79 Å². The van der Waals surface area contributed by atoms with Crippen molar-refractivity contribution in [1.82, 2.24) is 25.0 Å². The highest BCUT2D eigenvalue weighted by atomic mass is 16.6. The molecule has 0 aliphatic carbocycles. The molecule has 3 heterocycles. The number of aromatic nitrogens is 3. The van der Waals surface area contributed by atoms with Gasteiger partial charge in [0.05, 0.1) is 0 Å². The van der Waals surface area contributed by atoms with Gasteiger partial charge in [-0.15, -0.1) is 10.2 Å². The molecule has 7 heteroatoms. The fraction of sp³-hybridized carbons (Fsp3) is 0.833. The van der Waals surface area contributed by atoms with Crippen LogP contribution in [0.3, 0.4) is 0 Å². The summed E-state index contributed by atoms with van der Waals surface area (Å²) in [5.74, 6) is 2.43. The predicted molar refractivity (Wildman–Crippen MR) is 95.5 cm³/mol. The lowest BCUT2D eigenvalue weighted by molar-refractivity contribution is 0.0126. The van der Waals surface area contributed by atoms with Gasteiger partial charge in [0.1, 0.15) is 17.2 Å². The Morgan fingerprint density at radius 2 is 1.72 bits per heavy atom. The summed E-state index contributed by atoms with van der Waals surface area (Å²) in [5.41, 5.74) is -0.422. The molecule has 1 aromatic heterocycles. The SMILES string of the molecule is Cc1nnc(C2CCN(C3CCN(C(=O)OC(C)(C)C)CC3)CC2)[nH]1. The van der Waals surface area contributed by atoms with Crippen molar-refractivity contribution in [2.75, 3.05) is 26.2 Å². The number of carbonyl (C=O) groups is 1. The first-order valence-electron chi connectivity index (χ1n) is 9.43. The summed E-state index contributed by atoms with van der Waals surface area (Å²) in [7, 11) is 0. The Morgan fingerprint density at radius 3 is 2.24 bits per heavy atom. The molecule has 7 nitrogen and oxygen atoms in total. The molecular formula is C18H31N5O2. The molecule has 0 atom stereocenters. The molecule has 2 saturated heterocycles. The third-order valence-electron chi connectivity index (χ3n) is 5.17.